The maximum atomic E-state index is 12.3. The van der Waals surface area contributed by atoms with E-state index in [9.17, 15) is 9.13 Å². The molecule has 1 atom stereocenters. The van der Waals surface area contributed by atoms with Crippen molar-refractivity contribution < 1.29 is 9.13 Å². The van der Waals surface area contributed by atoms with Gasteiger partial charge in [-0.25, -0.2) is 0 Å². The number of benzene rings is 1. The van der Waals surface area contributed by atoms with Gasteiger partial charge < -0.3 is 14.9 Å². The molecule has 0 amide bonds. The van der Waals surface area contributed by atoms with Crippen molar-refractivity contribution in [2.75, 3.05) is 31.6 Å². The Bertz CT molecular complexity index is 433. The monoisotopic (exact) mass is 245 g/mol. The van der Waals surface area contributed by atoms with Crippen LogP contribution in [0.15, 0.2) is 24.3 Å². The molecule has 0 saturated heterocycles. The minimum Gasteiger partial charge on any atom is -0.399 e. The van der Waals surface area contributed by atoms with Crippen LogP contribution in [-0.2, 0) is 9.13 Å². The molecule has 0 aliphatic carbocycles. The van der Waals surface area contributed by atoms with Crippen molar-refractivity contribution in [3.05, 3.63) is 24.3 Å². The summed E-state index contributed by atoms with van der Waals surface area (Å²) in [7, 11) is -4.76. The summed E-state index contributed by atoms with van der Waals surface area (Å²) < 4.78 is 24.0. The lowest BCUT2D eigenvalue weighted by molar-refractivity contribution is 0.578. The van der Waals surface area contributed by atoms with Crippen molar-refractivity contribution in [3.63, 3.8) is 0 Å². The van der Waals surface area contributed by atoms with E-state index >= 15 is 0 Å². The highest BCUT2D eigenvalue weighted by Gasteiger charge is 2.24. The number of anilines is 1. The molecule has 84 valence electrons. The molecule has 1 aromatic rings. The number of nitrogen functional groups attached to an aromatic ring is 1. The van der Waals surface area contributed by atoms with Crippen molar-refractivity contribution in [1.82, 2.24) is 0 Å². The average Bonchev–Trinajstić information content (AvgIpc) is 2.00. The second kappa shape index (κ2) is 4.15. The Balaban J connectivity index is 3.01. The molecule has 0 spiro atoms. The fourth-order valence-corrected chi connectivity index (χ4v) is 8.15. The molecular weight excluding hydrogens is 228 g/mol. The first-order valence-corrected chi connectivity index (χ1v) is 9.80. The summed E-state index contributed by atoms with van der Waals surface area (Å²) in [5.41, 5.74) is 6.20. The molecule has 15 heavy (non-hydrogen) atoms. The molecule has 1 aromatic carbocycles. The summed E-state index contributed by atoms with van der Waals surface area (Å²) in [5, 5.41) is 0.751. The number of nitrogens with two attached hydrogens (primary N) is 1. The van der Waals surface area contributed by atoms with E-state index in [1.165, 1.54) is 0 Å². The molecule has 0 saturated carbocycles. The molecule has 0 heterocycles. The molecular formula is C10H17NO2P2. The SMILES string of the molecule is CP(C)(=O)CP(C)(=O)c1ccc(N)cc1. The van der Waals surface area contributed by atoms with Crippen LogP contribution in [-0.4, -0.2) is 25.9 Å². The van der Waals surface area contributed by atoms with Crippen LogP contribution >= 0.6 is 14.3 Å². The molecule has 2 N–H and O–H groups in total. The van der Waals surface area contributed by atoms with E-state index in [-0.39, 0.29) is 5.90 Å². The Hall–Kier alpha value is -0.520. The lowest BCUT2D eigenvalue weighted by atomic mass is 10.3. The molecule has 0 bridgehead atoms. The van der Waals surface area contributed by atoms with E-state index in [0.717, 1.165) is 5.30 Å². The van der Waals surface area contributed by atoms with Gasteiger partial charge in [0.25, 0.3) is 0 Å². The predicted octanol–water partition coefficient (Wildman–Crippen LogP) is 2.47. The fourth-order valence-electron chi connectivity index (χ4n) is 1.52. The van der Waals surface area contributed by atoms with Crippen LogP contribution in [0.5, 0.6) is 0 Å². The van der Waals surface area contributed by atoms with Crippen molar-refractivity contribution in [2.24, 2.45) is 0 Å². The van der Waals surface area contributed by atoms with Gasteiger partial charge in [-0.3, -0.25) is 0 Å². The molecule has 0 aliphatic heterocycles. The Morgan fingerprint density at radius 1 is 1.07 bits per heavy atom. The van der Waals surface area contributed by atoms with Crippen LogP contribution in [0.3, 0.4) is 0 Å². The standard InChI is InChI=1S/C10H17NO2P2/c1-14(2,12)8-15(3,13)10-6-4-9(11)5-7-10/h4-7H,8,11H2,1-3H3. The third-order valence-electron chi connectivity index (χ3n) is 2.05. The molecule has 1 rings (SSSR count). The summed E-state index contributed by atoms with van der Waals surface area (Å²) in [6.07, 6.45) is 0. The summed E-state index contributed by atoms with van der Waals surface area (Å²) in [4.78, 5) is 0. The van der Waals surface area contributed by atoms with Gasteiger partial charge in [-0.05, 0) is 44.3 Å². The molecule has 0 radical (unpaired) electrons. The van der Waals surface area contributed by atoms with Crippen LogP contribution < -0.4 is 11.0 Å². The van der Waals surface area contributed by atoms with Crippen LogP contribution in [0, 0.1) is 0 Å². The number of hydrogen-bond donors (Lipinski definition) is 1. The highest BCUT2D eigenvalue weighted by Crippen LogP contribution is 2.54. The van der Waals surface area contributed by atoms with Crippen LogP contribution in [0.25, 0.3) is 0 Å². The van der Waals surface area contributed by atoms with Gasteiger partial charge in [-0.15, -0.1) is 0 Å². The summed E-state index contributed by atoms with van der Waals surface area (Å²) in [6, 6.07) is 6.96. The minimum atomic E-state index is -2.50. The average molecular weight is 245 g/mol. The molecule has 0 aromatic heterocycles. The molecule has 3 nitrogen and oxygen atoms in total. The second-order valence-electron chi connectivity index (χ2n) is 4.41. The number of hydrogen-bond acceptors (Lipinski definition) is 3. The summed E-state index contributed by atoms with van der Waals surface area (Å²) in [5.74, 6) is 0.282. The van der Waals surface area contributed by atoms with Gasteiger partial charge in [0.15, 0.2) is 0 Å². The van der Waals surface area contributed by atoms with Gasteiger partial charge in [0, 0.05) is 11.0 Å². The predicted molar refractivity (Wildman–Crippen MR) is 68.3 cm³/mol. The summed E-state index contributed by atoms with van der Waals surface area (Å²) in [6.45, 7) is 5.01. The maximum Gasteiger partial charge on any atom is 0.119 e. The van der Waals surface area contributed by atoms with E-state index in [1.54, 1.807) is 44.3 Å². The topological polar surface area (TPSA) is 60.2 Å². The van der Waals surface area contributed by atoms with E-state index in [0.29, 0.717) is 5.69 Å². The fraction of sp³-hybridized carbons (Fsp3) is 0.400. The van der Waals surface area contributed by atoms with Crippen LogP contribution in [0.1, 0.15) is 0 Å². The molecule has 5 heteroatoms. The Morgan fingerprint density at radius 3 is 1.93 bits per heavy atom. The van der Waals surface area contributed by atoms with Crippen molar-refractivity contribution in [3.8, 4) is 0 Å². The van der Waals surface area contributed by atoms with Gasteiger partial charge in [0.1, 0.15) is 7.14 Å². The van der Waals surface area contributed by atoms with E-state index in [1.807, 2.05) is 0 Å². The zero-order valence-corrected chi connectivity index (χ0v) is 11.1. The zero-order chi connectivity index (χ0) is 11.7. The maximum absolute atomic E-state index is 12.3. The Kier molecular flexibility index (Phi) is 3.48. The highest BCUT2D eigenvalue weighted by atomic mass is 31.2. The minimum absolute atomic E-state index is 0.282. The normalized spacial score (nSPS) is 15.9. The zero-order valence-electron chi connectivity index (χ0n) is 9.30. The second-order valence-corrected chi connectivity index (χ2v) is 11.4. The first-order chi connectivity index (χ1) is 6.71. The third-order valence-corrected chi connectivity index (χ3v) is 8.32. The quantitative estimate of drug-likeness (QED) is 0.657. The van der Waals surface area contributed by atoms with Crippen molar-refractivity contribution in [2.45, 2.75) is 0 Å². The first-order valence-electron chi connectivity index (χ1n) is 4.67. The van der Waals surface area contributed by atoms with E-state index in [4.69, 9.17) is 5.73 Å². The van der Waals surface area contributed by atoms with Crippen LogP contribution in [0.2, 0.25) is 0 Å². The summed E-state index contributed by atoms with van der Waals surface area (Å²) >= 11 is 0. The largest absolute Gasteiger partial charge is 0.399 e. The van der Waals surface area contributed by atoms with Crippen LogP contribution in [0.4, 0.5) is 5.69 Å². The highest BCUT2D eigenvalue weighted by molar-refractivity contribution is 7.83. The van der Waals surface area contributed by atoms with E-state index < -0.39 is 14.3 Å². The van der Waals surface area contributed by atoms with E-state index in [2.05, 4.69) is 0 Å². The smallest absolute Gasteiger partial charge is 0.119 e. The van der Waals surface area contributed by atoms with Crippen molar-refractivity contribution in [1.29, 1.82) is 0 Å². The third kappa shape index (κ3) is 3.85. The number of rotatable bonds is 3. The van der Waals surface area contributed by atoms with Gasteiger partial charge in [0.2, 0.25) is 0 Å². The van der Waals surface area contributed by atoms with Gasteiger partial charge >= 0.3 is 0 Å². The van der Waals surface area contributed by atoms with Gasteiger partial charge in [-0.2, -0.15) is 0 Å². The molecule has 0 aliphatic rings. The first kappa shape index (κ1) is 12.5. The van der Waals surface area contributed by atoms with Gasteiger partial charge in [0.05, 0.1) is 13.0 Å². The lowest BCUT2D eigenvalue weighted by Gasteiger charge is -2.16. The lowest BCUT2D eigenvalue weighted by Crippen LogP contribution is -2.06. The Morgan fingerprint density at radius 2 is 1.53 bits per heavy atom. The molecule has 1 unspecified atom stereocenters. The van der Waals surface area contributed by atoms with Crippen molar-refractivity contribution >= 4 is 25.3 Å². The Labute approximate surface area is 90.8 Å². The molecule has 0 fully saturated rings. The van der Waals surface area contributed by atoms with Gasteiger partial charge in [-0.1, -0.05) is 0 Å².